The second-order valence-corrected chi connectivity index (χ2v) is 5.70. The number of rotatable bonds is 4. The predicted molar refractivity (Wildman–Crippen MR) is 92.1 cm³/mol. The summed E-state index contributed by atoms with van der Waals surface area (Å²) in [5.74, 6) is 0.963. The Labute approximate surface area is 145 Å². The number of benzene rings is 1. The number of morpholine rings is 1. The first-order valence-corrected chi connectivity index (χ1v) is 8.07. The highest BCUT2D eigenvalue weighted by molar-refractivity contribution is 5.89. The average molecular weight is 345 g/mol. The third-order valence-electron chi connectivity index (χ3n) is 3.86. The van der Waals surface area contributed by atoms with E-state index in [0.29, 0.717) is 30.3 Å². The number of aryl methyl sites for hydroxylation is 1. The van der Waals surface area contributed by atoms with Gasteiger partial charge in [-0.1, -0.05) is 6.07 Å². The van der Waals surface area contributed by atoms with E-state index in [2.05, 4.69) is 25.5 Å². The van der Waals surface area contributed by atoms with Crippen LogP contribution < -0.4 is 15.5 Å². The fourth-order valence-corrected chi connectivity index (χ4v) is 2.45. The number of nitrogens with one attached hydrogen (secondary N) is 2. The molecule has 8 heteroatoms. The molecule has 2 aromatic rings. The maximum Gasteiger partial charge on any atom is 0.319 e. The topological polar surface area (TPSA) is 79.4 Å². The number of ether oxygens (including phenoxy) is 1. The van der Waals surface area contributed by atoms with E-state index in [9.17, 15) is 9.18 Å². The van der Waals surface area contributed by atoms with E-state index in [1.807, 2.05) is 6.07 Å². The van der Waals surface area contributed by atoms with Gasteiger partial charge in [0.1, 0.15) is 17.5 Å². The van der Waals surface area contributed by atoms with Crippen LogP contribution in [0, 0.1) is 12.7 Å². The van der Waals surface area contributed by atoms with Crippen molar-refractivity contribution >= 4 is 17.5 Å². The normalized spacial score (nSPS) is 14.2. The Morgan fingerprint density at radius 1 is 1.32 bits per heavy atom. The summed E-state index contributed by atoms with van der Waals surface area (Å²) in [6, 6.07) is 5.94. The average Bonchev–Trinajstić information content (AvgIpc) is 2.64. The van der Waals surface area contributed by atoms with Gasteiger partial charge in [-0.05, 0) is 30.7 Å². The maximum absolute atomic E-state index is 13.5. The fourth-order valence-electron chi connectivity index (χ4n) is 2.45. The Balaban J connectivity index is 1.55. The summed E-state index contributed by atoms with van der Waals surface area (Å²) in [6.45, 7) is 4.75. The van der Waals surface area contributed by atoms with Crippen LogP contribution in [0.15, 0.2) is 30.5 Å². The Morgan fingerprint density at radius 3 is 2.88 bits per heavy atom. The van der Waals surface area contributed by atoms with Crippen molar-refractivity contribution in [3.05, 3.63) is 47.7 Å². The summed E-state index contributed by atoms with van der Waals surface area (Å²) in [6.07, 6.45) is 1.67. The van der Waals surface area contributed by atoms with Gasteiger partial charge in [-0.15, -0.1) is 0 Å². The van der Waals surface area contributed by atoms with Crippen LogP contribution >= 0.6 is 0 Å². The standard InChI is InChI=1S/C17H20FN5O2/c1-12-2-3-13(10-14(12)18)21-17(24)20-11-15-19-5-4-16(22-15)23-6-8-25-9-7-23/h2-5,10H,6-9,11H2,1H3,(H2,20,21,24). The van der Waals surface area contributed by atoms with Crippen molar-refractivity contribution in [2.75, 3.05) is 36.5 Å². The van der Waals surface area contributed by atoms with Crippen LogP contribution in [-0.4, -0.2) is 42.3 Å². The highest BCUT2D eigenvalue weighted by Crippen LogP contribution is 2.14. The summed E-state index contributed by atoms with van der Waals surface area (Å²) in [4.78, 5) is 22.7. The Hall–Kier alpha value is -2.74. The first-order valence-electron chi connectivity index (χ1n) is 8.07. The molecule has 1 aliphatic heterocycles. The SMILES string of the molecule is Cc1ccc(NC(=O)NCc2nccc(N3CCOCC3)n2)cc1F. The van der Waals surface area contributed by atoms with Crippen LogP contribution in [0.4, 0.5) is 20.7 Å². The highest BCUT2D eigenvalue weighted by atomic mass is 19.1. The molecule has 0 aliphatic carbocycles. The first kappa shape index (κ1) is 17.1. The van der Waals surface area contributed by atoms with Crippen LogP contribution in [0.5, 0.6) is 0 Å². The molecule has 2 heterocycles. The van der Waals surface area contributed by atoms with E-state index in [0.717, 1.165) is 18.9 Å². The molecule has 1 aromatic heterocycles. The van der Waals surface area contributed by atoms with Gasteiger partial charge in [-0.3, -0.25) is 0 Å². The minimum atomic E-state index is -0.441. The Bertz CT molecular complexity index is 750. The van der Waals surface area contributed by atoms with E-state index >= 15 is 0 Å². The molecule has 0 unspecified atom stereocenters. The minimum Gasteiger partial charge on any atom is -0.378 e. The Morgan fingerprint density at radius 2 is 2.12 bits per heavy atom. The monoisotopic (exact) mass is 345 g/mol. The number of nitrogens with zero attached hydrogens (tertiary/aromatic N) is 3. The third kappa shape index (κ3) is 4.63. The smallest absolute Gasteiger partial charge is 0.319 e. The number of hydrogen-bond acceptors (Lipinski definition) is 5. The van der Waals surface area contributed by atoms with Gasteiger partial charge in [0.05, 0.1) is 19.8 Å². The number of urea groups is 1. The summed E-state index contributed by atoms with van der Waals surface area (Å²) >= 11 is 0. The molecule has 1 saturated heterocycles. The van der Waals surface area contributed by atoms with Gasteiger partial charge in [-0.25, -0.2) is 19.2 Å². The highest BCUT2D eigenvalue weighted by Gasteiger charge is 2.13. The van der Waals surface area contributed by atoms with E-state index in [1.54, 1.807) is 25.3 Å². The summed E-state index contributed by atoms with van der Waals surface area (Å²) in [7, 11) is 0. The van der Waals surface area contributed by atoms with Gasteiger partial charge in [0.25, 0.3) is 0 Å². The number of anilines is 2. The van der Waals surface area contributed by atoms with E-state index in [1.165, 1.54) is 6.07 Å². The lowest BCUT2D eigenvalue weighted by atomic mass is 10.2. The van der Waals surface area contributed by atoms with Gasteiger partial charge >= 0.3 is 6.03 Å². The zero-order chi connectivity index (χ0) is 17.6. The van der Waals surface area contributed by atoms with Crippen molar-refractivity contribution in [3.8, 4) is 0 Å². The largest absolute Gasteiger partial charge is 0.378 e. The summed E-state index contributed by atoms with van der Waals surface area (Å²) < 4.78 is 18.8. The van der Waals surface area contributed by atoms with Crippen LogP contribution in [-0.2, 0) is 11.3 Å². The van der Waals surface area contributed by atoms with E-state index < -0.39 is 6.03 Å². The number of carbonyl (C=O) groups is 1. The molecule has 1 fully saturated rings. The molecule has 0 radical (unpaired) electrons. The number of carbonyl (C=O) groups excluding carboxylic acids is 1. The third-order valence-corrected chi connectivity index (χ3v) is 3.86. The van der Waals surface area contributed by atoms with Gasteiger partial charge in [-0.2, -0.15) is 0 Å². The van der Waals surface area contributed by atoms with Crippen molar-refractivity contribution in [1.29, 1.82) is 0 Å². The quantitative estimate of drug-likeness (QED) is 0.887. The van der Waals surface area contributed by atoms with Crippen LogP contribution in [0.3, 0.4) is 0 Å². The second kappa shape index (κ2) is 7.89. The number of hydrogen-bond donors (Lipinski definition) is 2. The first-order chi connectivity index (χ1) is 12.1. The van der Waals surface area contributed by atoms with Gasteiger partial charge in [0.2, 0.25) is 0 Å². The molecule has 1 aromatic carbocycles. The molecule has 1 aliphatic rings. The van der Waals surface area contributed by atoms with Crippen LogP contribution in [0.25, 0.3) is 0 Å². The molecule has 132 valence electrons. The molecule has 0 saturated carbocycles. The molecular weight excluding hydrogens is 325 g/mol. The number of halogens is 1. The number of aromatic nitrogens is 2. The maximum atomic E-state index is 13.5. The van der Waals surface area contributed by atoms with Crippen molar-refractivity contribution in [3.63, 3.8) is 0 Å². The lowest BCUT2D eigenvalue weighted by Gasteiger charge is -2.27. The lowest BCUT2D eigenvalue weighted by Crippen LogP contribution is -2.37. The van der Waals surface area contributed by atoms with Gasteiger partial charge in [0, 0.05) is 25.0 Å². The minimum absolute atomic E-state index is 0.179. The molecule has 25 heavy (non-hydrogen) atoms. The van der Waals surface area contributed by atoms with Gasteiger partial charge < -0.3 is 20.3 Å². The summed E-state index contributed by atoms with van der Waals surface area (Å²) in [5.41, 5.74) is 0.919. The van der Waals surface area contributed by atoms with Crippen molar-refractivity contribution < 1.29 is 13.9 Å². The van der Waals surface area contributed by atoms with Crippen molar-refractivity contribution in [1.82, 2.24) is 15.3 Å². The molecule has 0 atom stereocenters. The Kier molecular flexibility index (Phi) is 5.39. The second-order valence-electron chi connectivity index (χ2n) is 5.70. The molecule has 2 amide bonds. The predicted octanol–water partition coefficient (Wildman–Crippen LogP) is 2.08. The number of amides is 2. The molecule has 2 N–H and O–H groups in total. The molecule has 7 nitrogen and oxygen atoms in total. The lowest BCUT2D eigenvalue weighted by molar-refractivity contribution is 0.122. The summed E-state index contributed by atoms with van der Waals surface area (Å²) in [5, 5.41) is 5.26. The zero-order valence-corrected chi connectivity index (χ0v) is 14.0. The van der Waals surface area contributed by atoms with Crippen LogP contribution in [0.2, 0.25) is 0 Å². The van der Waals surface area contributed by atoms with Crippen LogP contribution in [0.1, 0.15) is 11.4 Å². The zero-order valence-electron chi connectivity index (χ0n) is 14.0. The van der Waals surface area contributed by atoms with E-state index in [-0.39, 0.29) is 12.4 Å². The molecule has 0 spiro atoms. The fraction of sp³-hybridized carbons (Fsp3) is 0.353. The molecule has 3 rings (SSSR count). The molecular formula is C17H20FN5O2. The van der Waals surface area contributed by atoms with Crippen molar-refractivity contribution in [2.24, 2.45) is 0 Å². The molecule has 0 bridgehead atoms. The van der Waals surface area contributed by atoms with E-state index in [4.69, 9.17) is 4.74 Å². The van der Waals surface area contributed by atoms with Crippen molar-refractivity contribution in [2.45, 2.75) is 13.5 Å². The van der Waals surface area contributed by atoms with Gasteiger partial charge in [0.15, 0.2) is 0 Å².